The summed E-state index contributed by atoms with van der Waals surface area (Å²) in [5.74, 6) is 1.01. The van der Waals surface area contributed by atoms with E-state index in [1.807, 2.05) is 6.92 Å². The Morgan fingerprint density at radius 3 is 2.33 bits per heavy atom. The van der Waals surface area contributed by atoms with Crippen LogP contribution >= 0.6 is 0 Å². The second-order valence-corrected chi connectivity index (χ2v) is 10.8. The Hall–Kier alpha value is -2.18. The molecule has 1 fully saturated rings. The fourth-order valence-electron chi connectivity index (χ4n) is 3.68. The van der Waals surface area contributed by atoms with Crippen LogP contribution in [0.1, 0.15) is 49.4 Å². The van der Waals surface area contributed by atoms with Crippen LogP contribution in [-0.4, -0.2) is 27.1 Å². The standard InChI is InChI=1S/C24H32N2O3S/c1-16(2)13-18-6-8-19(9-7-18)24(20-10-11-20)25-15-23(27)26-22-14-21(30(4,28)29)12-5-17(22)3/h5-9,12,14,16,20,24-25H,10-11,13,15H2,1-4H3,(H,26,27)/t24-/m0/s1. The summed E-state index contributed by atoms with van der Waals surface area (Å²) in [5, 5.41) is 6.27. The van der Waals surface area contributed by atoms with Gasteiger partial charge in [-0.3, -0.25) is 4.79 Å². The second-order valence-electron chi connectivity index (χ2n) is 8.83. The minimum atomic E-state index is -3.32. The number of amides is 1. The quantitative estimate of drug-likeness (QED) is 0.625. The first-order valence-corrected chi connectivity index (χ1v) is 12.5. The molecule has 30 heavy (non-hydrogen) atoms. The van der Waals surface area contributed by atoms with Gasteiger partial charge < -0.3 is 10.6 Å². The lowest BCUT2D eigenvalue weighted by Gasteiger charge is -2.19. The third-order valence-electron chi connectivity index (χ3n) is 5.47. The summed E-state index contributed by atoms with van der Waals surface area (Å²) >= 11 is 0. The van der Waals surface area contributed by atoms with Crippen LogP contribution in [0.2, 0.25) is 0 Å². The lowest BCUT2D eigenvalue weighted by molar-refractivity contribution is -0.115. The highest BCUT2D eigenvalue weighted by molar-refractivity contribution is 7.90. The van der Waals surface area contributed by atoms with E-state index in [4.69, 9.17) is 0 Å². The van der Waals surface area contributed by atoms with Gasteiger partial charge in [0.05, 0.1) is 11.4 Å². The van der Waals surface area contributed by atoms with Crippen molar-refractivity contribution in [1.29, 1.82) is 0 Å². The van der Waals surface area contributed by atoms with Gasteiger partial charge in [-0.05, 0) is 66.8 Å². The average molecular weight is 429 g/mol. The van der Waals surface area contributed by atoms with Gasteiger partial charge >= 0.3 is 0 Å². The van der Waals surface area contributed by atoms with Crippen molar-refractivity contribution in [3.63, 3.8) is 0 Å². The molecule has 1 aliphatic rings. The predicted octanol–water partition coefficient (Wildman–Crippen LogP) is 4.28. The molecule has 1 atom stereocenters. The highest BCUT2D eigenvalue weighted by Crippen LogP contribution is 2.41. The first kappa shape index (κ1) is 22.5. The maximum Gasteiger partial charge on any atom is 0.238 e. The zero-order chi connectivity index (χ0) is 21.9. The van der Waals surface area contributed by atoms with E-state index in [0.717, 1.165) is 18.2 Å². The molecule has 6 heteroatoms. The van der Waals surface area contributed by atoms with Gasteiger partial charge in [0.1, 0.15) is 0 Å². The van der Waals surface area contributed by atoms with Crippen LogP contribution in [0.3, 0.4) is 0 Å². The zero-order valence-electron chi connectivity index (χ0n) is 18.2. The Morgan fingerprint density at radius 2 is 1.77 bits per heavy atom. The molecule has 1 amide bonds. The minimum Gasteiger partial charge on any atom is -0.325 e. The van der Waals surface area contributed by atoms with Gasteiger partial charge in [-0.25, -0.2) is 8.42 Å². The summed E-state index contributed by atoms with van der Waals surface area (Å²) in [4.78, 5) is 12.8. The van der Waals surface area contributed by atoms with E-state index in [1.54, 1.807) is 12.1 Å². The fraction of sp³-hybridized carbons (Fsp3) is 0.458. The molecule has 0 radical (unpaired) electrons. The van der Waals surface area contributed by atoms with Gasteiger partial charge in [-0.15, -0.1) is 0 Å². The van der Waals surface area contributed by atoms with Gasteiger partial charge in [0.25, 0.3) is 0 Å². The molecule has 3 rings (SSSR count). The number of nitrogens with one attached hydrogen (secondary N) is 2. The topological polar surface area (TPSA) is 75.3 Å². The lowest BCUT2D eigenvalue weighted by atomic mass is 9.97. The smallest absolute Gasteiger partial charge is 0.238 e. The summed E-state index contributed by atoms with van der Waals surface area (Å²) < 4.78 is 23.6. The van der Waals surface area contributed by atoms with Crippen LogP contribution in [0.25, 0.3) is 0 Å². The third-order valence-corrected chi connectivity index (χ3v) is 6.58. The number of carbonyl (C=O) groups is 1. The Morgan fingerprint density at radius 1 is 1.10 bits per heavy atom. The van der Waals surface area contributed by atoms with Crippen LogP contribution in [0.15, 0.2) is 47.4 Å². The Balaban J connectivity index is 1.64. The summed E-state index contributed by atoms with van der Waals surface area (Å²) in [5.41, 5.74) is 3.91. The molecule has 2 N–H and O–H groups in total. The SMILES string of the molecule is Cc1ccc(S(C)(=O)=O)cc1NC(=O)CN[C@@H](c1ccc(CC(C)C)cc1)C1CC1. The molecule has 1 saturated carbocycles. The van der Waals surface area contributed by atoms with E-state index in [9.17, 15) is 13.2 Å². The van der Waals surface area contributed by atoms with Crippen LogP contribution in [-0.2, 0) is 21.1 Å². The number of rotatable bonds is 9. The Labute approximate surface area is 180 Å². The molecule has 162 valence electrons. The molecule has 1 aliphatic carbocycles. The molecule has 0 unspecified atom stereocenters. The lowest BCUT2D eigenvalue weighted by Crippen LogP contribution is -2.32. The Kier molecular flexibility index (Phi) is 6.98. The van der Waals surface area contributed by atoms with Crippen LogP contribution < -0.4 is 10.6 Å². The zero-order valence-corrected chi connectivity index (χ0v) is 19.1. The van der Waals surface area contributed by atoms with Gasteiger partial charge in [-0.1, -0.05) is 44.2 Å². The molecule has 0 aliphatic heterocycles. The van der Waals surface area contributed by atoms with Crippen molar-refractivity contribution in [2.75, 3.05) is 18.1 Å². The first-order chi connectivity index (χ1) is 14.1. The van der Waals surface area contributed by atoms with Crippen molar-refractivity contribution in [3.8, 4) is 0 Å². The number of anilines is 1. The number of hydrogen-bond donors (Lipinski definition) is 2. The average Bonchev–Trinajstić information content (AvgIpc) is 3.49. The summed E-state index contributed by atoms with van der Waals surface area (Å²) in [6, 6.07) is 13.7. The van der Waals surface area contributed by atoms with E-state index in [-0.39, 0.29) is 23.4 Å². The van der Waals surface area contributed by atoms with Crippen molar-refractivity contribution >= 4 is 21.4 Å². The highest BCUT2D eigenvalue weighted by atomic mass is 32.2. The van der Waals surface area contributed by atoms with Gasteiger partial charge in [0.2, 0.25) is 5.91 Å². The number of benzene rings is 2. The van der Waals surface area contributed by atoms with Crippen molar-refractivity contribution in [2.45, 2.75) is 51.0 Å². The molecular formula is C24H32N2O3S. The number of sulfone groups is 1. The molecule has 0 bridgehead atoms. The molecule has 5 nitrogen and oxygen atoms in total. The van der Waals surface area contributed by atoms with Crippen molar-refractivity contribution in [2.24, 2.45) is 11.8 Å². The summed E-state index contributed by atoms with van der Waals surface area (Å²) in [6.45, 7) is 6.46. The highest BCUT2D eigenvalue weighted by Gasteiger charge is 2.32. The first-order valence-electron chi connectivity index (χ1n) is 10.6. The number of hydrogen-bond acceptors (Lipinski definition) is 4. The van der Waals surface area contributed by atoms with E-state index in [1.165, 1.54) is 30.0 Å². The van der Waals surface area contributed by atoms with Crippen LogP contribution in [0.4, 0.5) is 5.69 Å². The number of carbonyl (C=O) groups excluding carboxylic acids is 1. The molecule has 0 spiro atoms. The largest absolute Gasteiger partial charge is 0.325 e. The van der Waals surface area contributed by atoms with Crippen LogP contribution in [0, 0.1) is 18.8 Å². The normalized spacial score (nSPS) is 15.2. The number of aryl methyl sites for hydroxylation is 1. The maximum atomic E-state index is 12.6. The van der Waals surface area contributed by atoms with E-state index in [2.05, 4.69) is 48.7 Å². The van der Waals surface area contributed by atoms with E-state index < -0.39 is 9.84 Å². The molecule has 0 aromatic heterocycles. The van der Waals surface area contributed by atoms with Gasteiger partial charge in [0.15, 0.2) is 9.84 Å². The maximum absolute atomic E-state index is 12.6. The van der Waals surface area contributed by atoms with Crippen molar-refractivity contribution in [3.05, 3.63) is 59.2 Å². The molecular weight excluding hydrogens is 396 g/mol. The minimum absolute atomic E-state index is 0.160. The molecule has 2 aromatic carbocycles. The van der Waals surface area contributed by atoms with Gasteiger partial charge in [0, 0.05) is 18.0 Å². The van der Waals surface area contributed by atoms with E-state index in [0.29, 0.717) is 17.5 Å². The predicted molar refractivity (Wildman–Crippen MR) is 121 cm³/mol. The summed E-state index contributed by atoms with van der Waals surface area (Å²) in [7, 11) is -3.32. The third kappa shape index (κ3) is 6.16. The summed E-state index contributed by atoms with van der Waals surface area (Å²) in [6.07, 6.45) is 4.57. The van der Waals surface area contributed by atoms with Crippen molar-refractivity contribution < 1.29 is 13.2 Å². The van der Waals surface area contributed by atoms with Gasteiger partial charge in [-0.2, -0.15) is 0 Å². The molecule has 0 saturated heterocycles. The second kappa shape index (κ2) is 9.31. The monoisotopic (exact) mass is 428 g/mol. The molecule has 2 aromatic rings. The van der Waals surface area contributed by atoms with E-state index >= 15 is 0 Å². The van der Waals surface area contributed by atoms with Crippen molar-refractivity contribution in [1.82, 2.24) is 5.32 Å². The molecule has 0 heterocycles. The Bertz CT molecular complexity index is 994. The van der Waals surface area contributed by atoms with Crippen LogP contribution in [0.5, 0.6) is 0 Å². The fourth-order valence-corrected chi connectivity index (χ4v) is 4.33.